The van der Waals surface area contributed by atoms with Gasteiger partial charge in [-0.1, -0.05) is 23.4 Å². The Morgan fingerprint density at radius 3 is 2.73 bits per heavy atom. The van der Waals surface area contributed by atoms with Crippen LogP contribution in [0.3, 0.4) is 0 Å². The Kier molecular flexibility index (Phi) is 5.84. The van der Waals surface area contributed by atoms with Crippen molar-refractivity contribution >= 4 is 23.6 Å². The number of aromatic hydroxyl groups is 2. The molecule has 2 aromatic heterocycles. The number of nitrogen functional groups attached to an aromatic ring is 1. The molecule has 0 atom stereocenters. The summed E-state index contributed by atoms with van der Waals surface area (Å²) in [6, 6.07) is 13.5. The molecule has 5 N–H and O–H groups in total. The molecule has 13 nitrogen and oxygen atoms in total. The lowest BCUT2D eigenvalue weighted by atomic mass is 10.2. The van der Waals surface area contributed by atoms with Crippen LogP contribution in [0.1, 0.15) is 21.7 Å². The smallest absolute Gasteiger partial charge is 0.293 e. The molecule has 168 valence electrons. The van der Waals surface area contributed by atoms with Crippen LogP contribution in [0, 0.1) is 0 Å². The lowest BCUT2D eigenvalue weighted by Crippen LogP contribution is -2.24. The van der Waals surface area contributed by atoms with E-state index >= 15 is 0 Å². The zero-order valence-electron chi connectivity index (χ0n) is 17.3. The van der Waals surface area contributed by atoms with Crippen molar-refractivity contribution in [3.05, 3.63) is 65.5 Å². The standard InChI is InChI=1S/C20H19N9O4/c1-28(13-5-3-2-4-6-13)11-15-17(23-27-29(15)19-18(21)25-33-26-19)20(32)24-22-10-12-7-8-14(30)9-16(12)31/h2-10,30-31H,11H2,1H3,(H2,21,25)(H,24,32). The molecular weight excluding hydrogens is 430 g/mol. The summed E-state index contributed by atoms with van der Waals surface area (Å²) in [5.74, 6) is -0.869. The molecule has 4 rings (SSSR count). The number of rotatable bonds is 7. The second-order valence-electron chi connectivity index (χ2n) is 6.90. The number of amides is 1. The first-order chi connectivity index (χ1) is 15.9. The summed E-state index contributed by atoms with van der Waals surface area (Å²) >= 11 is 0. The average Bonchev–Trinajstić information content (AvgIpc) is 3.41. The van der Waals surface area contributed by atoms with Crippen LogP contribution in [0.2, 0.25) is 0 Å². The largest absolute Gasteiger partial charge is 0.508 e. The van der Waals surface area contributed by atoms with Crippen molar-refractivity contribution in [1.29, 1.82) is 0 Å². The quantitative estimate of drug-likeness (QED) is 0.235. The Labute approximate surface area is 186 Å². The van der Waals surface area contributed by atoms with E-state index in [0.717, 1.165) is 11.8 Å². The highest BCUT2D eigenvalue weighted by Crippen LogP contribution is 2.22. The van der Waals surface area contributed by atoms with E-state index in [9.17, 15) is 15.0 Å². The fraction of sp³-hybridized carbons (Fsp3) is 0.100. The number of nitrogens with two attached hydrogens (primary N) is 1. The fourth-order valence-electron chi connectivity index (χ4n) is 2.98. The highest BCUT2D eigenvalue weighted by Gasteiger charge is 2.25. The first-order valence-corrected chi connectivity index (χ1v) is 9.58. The third-order valence-corrected chi connectivity index (χ3v) is 4.64. The molecule has 0 saturated carbocycles. The lowest BCUT2D eigenvalue weighted by molar-refractivity contribution is 0.0949. The Bertz CT molecular complexity index is 1300. The fourth-order valence-corrected chi connectivity index (χ4v) is 2.98. The predicted molar refractivity (Wildman–Crippen MR) is 117 cm³/mol. The van der Waals surface area contributed by atoms with Crippen molar-refractivity contribution < 1.29 is 19.6 Å². The van der Waals surface area contributed by atoms with Crippen LogP contribution >= 0.6 is 0 Å². The minimum atomic E-state index is -0.651. The number of carbonyl (C=O) groups is 1. The zero-order valence-corrected chi connectivity index (χ0v) is 17.3. The summed E-state index contributed by atoms with van der Waals surface area (Å²) in [5.41, 5.74) is 9.68. The molecule has 0 aliphatic heterocycles. The molecule has 0 unspecified atom stereocenters. The number of nitrogens with zero attached hydrogens (tertiary/aromatic N) is 7. The molecule has 0 radical (unpaired) electrons. The number of hydrogen-bond acceptors (Lipinski definition) is 11. The van der Waals surface area contributed by atoms with Crippen molar-refractivity contribution in [3.63, 3.8) is 0 Å². The van der Waals surface area contributed by atoms with E-state index in [0.29, 0.717) is 11.3 Å². The highest BCUT2D eigenvalue weighted by atomic mass is 16.6. The number of phenolic OH excluding ortho intramolecular Hbond substituents is 2. The third-order valence-electron chi connectivity index (χ3n) is 4.64. The highest BCUT2D eigenvalue weighted by molar-refractivity contribution is 5.94. The Balaban J connectivity index is 1.61. The second kappa shape index (κ2) is 9.05. The van der Waals surface area contributed by atoms with E-state index in [4.69, 9.17) is 5.73 Å². The van der Waals surface area contributed by atoms with Gasteiger partial charge in [0.1, 0.15) is 11.5 Å². The van der Waals surface area contributed by atoms with Crippen LogP contribution in [0.15, 0.2) is 58.3 Å². The van der Waals surface area contributed by atoms with Gasteiger partial charge in [-0.05, 0) is 34.6 Å². The number of para-hydroxylation sites is 1. The van der Waals surface area contributed by atoms with Crippen LogP contribution in [-0.4, -0.2) is 54.7 Å². The van der Waals surface area contributed by atoms with Gasteiger partial charge in [-0.3, -0.25) is 4.79 Å². The van der Waals surface area contributed by atoms with Crippen molar-refractivity contribution in [2.24, 2.45) is 5.10 Å². The normalized spacial score (nSPS) is 11.1. The van der Waals surface area contributed by atoms with Gasteiger partial charge < -0.3 is 20.8 Å². The number of benzene rings is 2. The summed E-state index contributed by atoms with van der Waals surface area (Å²) in [5, 5.41) is 38.3. The number of hydrazone groups is 1. The van der Waals surface area contributed by atoms with Crippen molar-refractivity contribution in [1.82, 2.24) is 30.7 Å². The number of anilines is 2. The van der Waals surface area contributed by atoms with Gasteiger partial charge in [0.2, 0.25) is 11.6 Å². The van der Waals surface area contributed by atoms with Crippen LogP contribution in [0.5, 0.6) is 11.5 Å². The maximum absolute atomic E-state index is 12.8. The predicted octanol–water partition coefficient (Wildman–Crippen LogP) is 1.04. The molecule has 0 spiro atoms. The number of carbonyl (C=O) groups excluding carboxylic acids is 1. The van der Waals surface area contributed by atoms with Gasteiger partial charge in [0.25, 0.3) is 5.91 Å². The Morgan fingerprint density at radius 1 is 1.24 bits per heavy atom. The monoisotopic (exact) mass is 449 g/mol. The summed E-state index contributed by atoms with van der Waals surface area (Å²) in [6.45, 7) is 0.217. The topological polar surface area (TPSA) is 181 Å². The van der Waals surface area contributed by atoms with Crippen LogP contribution in [0.25, 0.3) is 5.82 Å². The maximum atomic E-state index is 12.8. The van der Waals surface area contributed by atoms with E-state index in [-0.39, 0.29) is 35.4 Å². The van der Waals surface area contributed by atoms with Gasteiger partial charge in [0.15, 0.2) is 5.69 Å². The Morgan fingerprint density at radius 2 is 2.03 bits per heavy atom. The van der Waals surface area contributed by atoms with Crippen LogP contribution < -0.4 is 16.1 Å². The molecule has 0 bridgehead atoms. The van der Waals surface area contributed by atoms with E-state index in [2.05, 4.69) is 35.8 Å². The van der Waals surface area contributed by atoms with Crippen molar-refractivity contribution in [2.75, 3.05) is 17.7 Å². The summed E-state index contributed by atoms with van der Waals surface area (Å²) in [7, 11) is 1.84. The molecule has 4 aromatic rings. The van der Waals surface area contributed by atoms with Crippen LogP contribution in [-0.2, 0) is 6.54 Å². The third kappa shape index (κ3) is 4.56. The van der Waals surface area contributed by atoms with Gasteiger partial charge in [0.05, 0.1) is 18.5 Å². The molecule has 1 amide bonds. The average molecular weight is 449 g/mol. The molecular formula is C20H19N9O4. The van der Waals surface area contributed by atoms with Crippen molar-refractivity contribution in [2.45, 2.75) is 6.54 Å². The molecule has 0 aliphatic rings. The summed E-state index contributed by atoms with van der Waals surface area (Å²) < 4.78 is 5.93. The number of hydrogen-bond donors (Lipinski definition) is 4. The molecule has 0 aliphatic carbocycles. The number of phenols is 2. The van der Waals surface area contributed by atoms with E-state index in [1.807, 2.05) is 42.3 Å². The minimum absolute atomic E-state index is 0.0173. The SMILES string of the molecule is CN(Cc1c(C(=O)NN=Cc2ccc(O)cc2O)nnn1-c1nonc1N)c1ccccc1. The lowest BCUT2D eigenvalue weighted by Gasteiger charge is -2.19. The van der Waals surface area contributed by atoms with Crippen LogP contribution in [0.4, 0.5) is 11.5 Å². The first-order valence-electron chi connectivity index (χ1n) is 9.58. The number of nitrogens with one attached hydrogen (secondary N) is 1. The second-order valence-corrected chi connectivity index (χ2v) is 6.90. The maximum Gasteiger partial charge on any atom is 0.293 e. The van der Waals surface area contributed by atoms with Gasteiger partial charge in [0, 0.05) is 24.4 Å². The number of aromatic nitrogens is 5. The molecule has 2 aromatic carbocycles. The first kappa shape index (κ1) is 21.3. The Hall–Kier alpha value is -4.94. The van der Waals surface area contributed by atoms with Gasteiger partial charge in [-0.25, -0.2) is 10.1 Å². The molecule has 0 fully saturated rings. The minimum Gasteiger partial charge on any atom is -0.508 e. The van der Waals surface area contributed by atoms with E-state index < -0.39 is 5.91 Å². The van der Waals surface area contributed by atoms with Gasteiger partial charge in [-0.15, -0.1) is 5.10 Å². The summed E-state index contributed by atoms with van der Waals surface area (Å²) in [4.78, 5) is 14.7. The molecule has 0 saturated heterocycles. The van der Waals surface area contributed by atoms with Gasteiger partial charge in [-0.2, -0.15) is 9.78 Å². The van der Waals surface area contributed by atoms with Gasteiger partial charge >= 0.3 is 0 Å². The molecule has 13 heteroatoms. The van der Waals surface area contributed by atoms with E-state index in [1.54, 1.807) is 0 Å². The molecule has 33 heavy (non-hydrogen) atoms. The zero-order chi connectivity index (χ0) is 23.4. The van der Waals surface area contributed by atoms with E-state index in [1.165, 1.54) is 23.0 Å². The van der Waals surface area contributed by atoms with Crippen molar-refractivity contribution in [3.8, 4) is 17.3 Å². The molecule has 2 heterocycles. The summed E-state index contributed by atoms with van der Waals surface area (Å²) in [6.07, 6.45) is 1.23.